The minimum atomic E-state index is -0.123. The van der Waals surface area contributed by atoms with Gasteiger partial charge in [-0.25, -0.2) is 0 Å². The van der Waals surface area contributed by atoms with E-state index in [4.69, 9.17) is 10.5 Å². The van der Waals surface area contributed by atoms with Gasteiger partial charge in [0.2, 0.25) is 0 Å². The fourth-order valence-electron chi connectivity index (χ4n) is 1.67. The van der Waals surface area contributed by atoms with Crippen molar-refractivity contribution in [1.82, 2.24) is 5.32 Å². The molecule has 0 atom stereocenters. The van der Waals surface area contributed by atoms with Crippen LogP contribution in [0.3, 0.4) is 0 Å². The molecule has 0 bridgehead atoms. The smallest absolute Gasteiger partial charge is 0.251 e. The van der Waals surface area contributed by atoms with Crippen molar-refractivity contribution in [3.8, 4) is 5.75 Å². The normalized spacial score (nSPS) is 10.1. The molecule has 0 heterocycles. The number of nitrogen functional groups attached to an aromatic ring is 1. The first-order valence-corrected chi connectivity index (χ1v) is 6.96. The summed E-state index contributed by atoms with van der Waals surface area (Å²) >= 11 is 3.33. The third-order valence-corrected chi connectivity index (χ3v) is 3.09. The number of hydrogen-bond acceptors (Lipinski definition) is 3. The summed E-state index contributed by atoms with van der Waals surface area (Å²) in [5, 5.41) is 2.80. The fraction of sp³-hybridized carbons (Fsp3) is 0.133. The van der Waals surface area contributed by atoms with Crippen molar-refractivity contribution in [3.63, 3.8) is 0 Å². The minimum Gasteiger partial charge on any atom is -0.492 e. The Morgan fingerprint density at radius 1 is 1.20 bits per heavy atom. The summed E-state index contributed by atoms with van der Waals surface area (Å²) in [6.07, 6.45) is 0. The molecule has 0 radical (unpaired) electrons. The topological polar surface area (TPSA) is 64.3 Å². The second-order valence-corrected chi connectivity index (χ2v) is 5.10. The summed E-state index contributed by atoms with van der Waals surface area (Å²) in [4.78, 5) is 11.9. The third kappa shape index (κ3) is 4.28. The number of hydrogen-bond donors (Lipinski definition) is 2. The van der Waals surface area contributed by atoms with Gasteiger partial charge in [-0.1, -0.05) is 28.1 Å². The quantitative estimate of drug-likeness (QED) is 0.652. The minimum absolute atomic E-state index is 0.123. The van der Waals surface area contributed by atoms with Crippen LogP contribution in [-0.4, -0.2) is 19.1 Å². The van der Waals surface area contributed by atoms with Crippen LogP contribution < -0.4 is 15.8 Å². The Labute approximate surface area is 126 Å². The van der Waals surface area contributed by atoms with Crippen molar-refractivity contribution in [1.29, 1.82) is 0 Å². The van der Waals surface area contributed by atoms with Crippen molar-refractivity contribution >= 4 is 27.5 Å². The standard InChI is InChI=1S/C15H15BrN2O2/c16-12-4-1-3-11(9-12)15(19)18-7-8-20-14-6-2-5-13(17)10-14/h1-6,9-10H,7-8,17H2,(H,18,19). The number of rotatable bonds is 5. The molecule has 2 aromatic rings. The molecule has 1 amide bonds. The number of carbonyl (C=O) groups is 1. The van der Waals surface area contributed by atoms with E-state index in [1.807, 2.05) is 24.3 Å². The molecule has 0 aromatic heterocycles. The second kappa shape index (κ2) is 6.96. The highest BCUT2D eigenvalue weighted by Gasteiger charge is 2.04. The van der Waals surface area contributed by atoms with Crippen molar-refractivity contribution < 1.29 is 9.53 Å². The van der Waals surface area contributed by atoms with E-state index >= 15 is 0 Å². The first kappa shape index (κ1) is 14.4. The van der Waals surface area contributed by atoms with Gasteiger partial charge in [0.25, 0.3) is 5.91 Å². The van der Waals surface area contributed by atoms with Crippen LogP contribution in [0.4, 0.5) is 5.69 Å². The van der Waals surface area contributed by atoms with Gasteiger partial charge in [-0.2, -0.15) is 0 Å². The van der Waals surface area contributed by atoms with E-state index in [-0.39, 0.29) is 5.91 Å². The van der Waals surface area contributed by atoms with Gasteiger partial charge in [-0.3, -0.25) is 4.79 Å². The number of carbonyl (C=O) groups excluding carboxylic acids is 1. The average Bonchev–Trinajstić information content (AvgIpc) is 2.43. The summed E-state index contributed by atoms with van der Waals surface area (Å²) in [6, 6.07) is 14.4. The summed E-state index contributed by atoms with van der Waals surface area (Å²) in [5.41, 5.74) is 6.91. The zero-order chi connectivity index (χ0) is 14.4. The SMILES string of the molecule is Nc1cccc(OCCNC(=O)c2cccc(Br)c2)c1. The lowest BCUT2D eigenvalue weighted by atomic mass is 10.2. The zero-order valence-corrected chi connectivity index (χ0v) is 12.4. The van der Waals surface area contributed by atoms with E-state index in [1.165, 1.54) is 0 Å². The lowest BCUT2D eigenvalue weighted by Crippen LogP contribution is -2.28. The molecule has 0 saturated heterocycles. The number of benzene rings is 2. The van der Waals surface area contributed by atoms with Gasteiger partial charge in [-0.05, 0) is 30.3 Å². The molecule has 3 N–H and O–H groups in total. The van der Waals surface area contributed by atoms with Crippen molar-refractivity contribution in [2.75, 3.05) is 18.9 Å². The highest BCUT2D eigenvalue weighted by atomic mass is 79.9. The molecule has 2 aromatic carbocycles. The Balaban J connectivity index is 1.77. The van der Waals surface area contributed by atoms with Crippen LogP contribution in [0.1, 0.15) is 10.4 Å². The Hall–Kier alpha value is -2.01. The maximum atomic E-state index is 11.9. The molecular weight excluding hydrogens is 320 g/mol. The van der Waals surface area contributed by atoms with E-state index in [1.54, 1.807) is 24.3 Å². The van der Waals surface area contributed by atoms with Crippen LogP contribution in [0.25, 0.3) is 0 Å². The van der Waals surface area contributed by atoms with Gasteiger partial charge in [0.1, 0.15) is 12.4 Å². The van der Waals surface area contributed by atoms with Gasteiger partial charge >= 0.3 is 0 Å². The molecule has 0 aliphatic rings. The van der Waals surface area contributed by atoms with Crippen LogP contribution in [0.15, 0.2) is 53.0 Å². The molecule has 5 heteroatoms. The van der Waals surface area contributed by atoms with E-state index in [2.05, 4.69) is 21.2 Å². The highest BCUT2D eigenvalue weighted by molar-refractivity contribution is 9.10. The molecule has 0 aliphatic heterocycles. The molecule has 0 aliphatic carbocycles. The molecule has 0 spiro atoms. The predicted octanol–water partition coefficient (Wildman–Crippen LogP) is 2.84. The second-order valence-electron chi connectivity index (χ2n) is 4.19. The van der Waals surface area contributed by atoms with Gasteiger partial charge in [-0.15, -0.1) is 0 Å². The number of ether oxygens (including phenoxy) is 1. The Kier molecular flexibility index (Phi) is 5.01. The summed E-state index contributed by atoms with van der Waals surface area (Å²) in [5.74, 6) is 0.573. The van der Waals surface area contributed by atoms with Gasteiger partial charge in [0.15, 0.2) is 0 Å². The fourth-order valence-corrected chi connectivity index (χ4v) is 2.07. The number of nitrogens with one attached hydrogen (secondary N) is 1. The van der Waals surface area contributed by atoms with Crippen molar-refractivity contribution in [3.05, 3.63) is 58.6 Å². The van der Waals surface area contributed by atoms with Crippen LogP contribution in [0.5, 0.6) is 5.75 Å². The van der Waals surface area contributed by atoms with Crippen LogP contribution in [0, 0.1) is 0 Å². The lowest BCUT2D eigenvalue weighted by molar-refractivity contribution is 0.0947. The Bertz CT molecular complexity index is 602. The molecular formula is C15H15BrN2O2. The number of halogens is 1. The van der Waals surface area contributed by atoms with Crippen LogP contribution in [-0.2, 0) is 0 Å². The van der Waals surface area contributed by atoms with E-state index in [0.29, 0.717) is 30.2 Å². The Morgan fingerprint density at radius 3 is 2.75 bits per heavy atom. The van der Waals surface area contributed by atoms with Crippen LogP contribution in [0.2, 0.25) is 0 Å². The van der Waals surface area contributed by atoms with Gasteiger partial charge in [0, 0.05) is 21.8 Å². The number of nitrogens with two attached hydrogens (primary N) is 1. The van der Waals surface area contributed by atoms with Crippen LogP contribution >= 0.6 is 15.9 Å². The largest absolute Gasteiger partial charge is 0.492 e. The van der Waals surface area contributed by atoms with E-state index in [0.717, 1.165) is 4.47 Å². The number of anilines is 1. The maximum absolute atomic E-state index is 11.9. The first-order valence-electron chi connectivity index (χ1n) is 6.17. The Morgan fingerprint density at radius 2 is 2.00 bits per heavy atom. The predicted molar refractivity (Wildman–Crippen MR) is 82.8 cm³/mol. The van der Waals surface area contributed by atoms with E-state index < -0.39 is 0 Å². The molecule has 0 fully saturated rings. The maximum Gasteiger partial charge on any atom is 0.251 e. The third-order valence-electron chi connectivity index (χ3n) is 2.60. The molecule has 0 unspecified atom stereocenters. The molecule has 4 nitrogen and oxygen atoms in total. The summed E-state index contributed by atoms with van der Waals surface area (Å²) in [7, 11) is 0. The molecule has 104 valence electrons. The lowest BCUT2D eigenvalue weighted by Gasteiger charge is -2.08. The number of amides is 1. The highest BCUT2D eigenvalue weighted by Crippen LogP contribution is 2.14. The zero-order valence-electron chi connectivity index (χ0n) is 10.8. The first-order chi connectivity index (χ1) is 9.65. The monoisotopic (exact) mass is 334 g/mol. The summed E-state index contributed by atoms with van der Waals surface area (Å²) < 4.78 is 6.37. The molecule has 0 saturated carbocycles. The van der Waals surface area contributed by atoms with Crippen molar-refractivity contribution in [2.45, 2.75) is 0 Å². The summed E-state index contributed by atoms with van der Waals surface area (Å²) in [6.45, 7) is 0.823. The van der Waals surface area contributed by atoms with Crippen molar-refractivity contribution in [2.24, 2.45) is 0 Å². The molecule has 20 heavy (non-hydrogen) atoms. The molecule has 2 rings (SSSR count). The average molecular weight is 335 g/mol. The van der Waals surface area contributed by atoms with Gasteiger partial charge < -0.3 is 15.8 Å². The van der Waals surface area contributed by atoms with Gasteiger partial charge in [0.05, 0.1) is 6.54 Å². The van der Waals surface area contributed by atoms with E-state index in [9.17, 15) is 4.79 Å².